The molecule has 0 radical (unpaired) electrons. The van der Waals surface area contributed by atoms with Crippen molar-refractivity contribution in [2.24, 2.45) is 11.3 Å². The molecule has 1 aliphatic heterocycles. The summed E-state index contributed by atoms with van der Waals surface area (Å²) in [6.45, 7) is 5.70. The highest BCUT2D eigenvalue weighted by Crippen LogP contribution is 2.33. The van der Waals surface area contributed by atoms with E-state index < -0.39 is 0 Å². The Morgan fingerprint density at radius 1 is 1.16 bits per heavy atom. The number of hydrogen-bond donors (Lipinski definition) is 1. The summed E-state index contributed by atoms with van der Waals surface area (Å²) in [5.74, 6) is 0.985. The molecule has 0 aromatic rings. The second-order valence-corrected chi connectivity index (χ2v) is 7.26. The van der Waals surface area contributed by atoms with Gasteiger partial charge in [-0.05, 0) is 56.9 Å². The maximum Gasteiger partial charge on any atom is 0.0472 e. The lowest BCUT2D eigenvalue weighted by molar-refractivity contribution is -0.00426. The molecule has 0 bridgehead atoms. The Labute approximate surface area is 118 Å². The van der Waals surface area contributed by atoms with Gasteiger partial charge in [0.25, 0.3) is 0 Å². The van der Waals surface area contributed by atoms with Crippen LogP contribution in [0.3, 0.4) is 0 Å². The Balaban J connectivity index is 1.50. The fourth-order valence-electron chi connectivity index (χ4n) is 3.60. The zero-order valence-corrected chi connectivity index (χ0v) is 12.5. The second kappa shape index (κ2) is 6.11. The van der Waals surface area contributed by atoms with Crippen LogP contribution in [0.1, 0.15) is 44.9 Å². The monoisotopic (exact) mass is 266 g/mol. The van der Waals surface area contributed by atoms with Gasteiger partial charge in [-0.1, -0.05) is 6.42 Å². The zero-order valence-electron chi connectivity index (χ0n) is 12.5. The third kappa shape index (κ3) is 3.93. The maximum absolute atomic E-state index is 5.60. The van der Waals surface area contributed by atoms with Gasteiger partial charge in [0.05, 0.1) is 0 Å². The van der Waals surface area contributed by atoms with Crippen molar-refractivity contribution in [1.82, 2.24) is 10.2 Å². The molecular formula is C16H30N2O. The summed E-state index contributed by atoms with van der Waals surface area (Å²) in [6, 6.07) is 0.830. The molecule has 0 atom stereocenters. The number of ether oxygens (including phenoxy) is 1. The molecule has 1 N–H and O–H groups in total. The minimum absolute atomic E-state index is 0.472. The van der Waals surface area contributed by atoms with Gasteiger partial charge >= 0.3 is 0 Å². The largest absolute Gasteiger partial charge is 0.381 e. The van der Waals surface area contributed by atoms with E-state index in [2.05, 4.69) is 17.3 Å². The van der Waals surface area contributed by atoms with Gasteiger partial charge in [-0.15, -0.1) is 0 Å². The van der Waals surface area contributed by atoms with Crippen molar-refractivity contribution in [3.63, 3.8) is 0 Å². The summed E-state index contributed by atoms with van der Waals surface area (Å²) in [4.78, 5) is 2.60. The molecule has 0 aromatic heterocycles. The topological polar surface area (TPSA) is 24.5 Å². The van der Waals surface area contributed by atoms with E-state index in [1.807, 2.05) is 0 Å². The van der Waals surface area contributed by atoms with E-state index in [0.29, 0.717) is 5.41 Å². The molecule has 0 amide bonds. The van der Waals surface area contributed by atoms with Gasteiger partial charge < -0.3 is 15.0 Å². The maximum atomic E-state index is 5.60. The van der Waals surface area contributed by atoms with Gasteiger partial charge in [-0.3, -0.25) is 0 Å². The van der Waals surface area contributed by atoms with E-state index in [4.69, 9.17) is 4.74 Å². The number of nitrogens with one attached hydrogen (secondary N) is 1. The molecule has 1 heterocycles. The SMILES string of the molecule is CN(CC1CCC1)CC1(CNC2CC2)CCOCC1. The van der Waals surface area contributed by atoms with Crippen molar-refractivity contribution in [3.8, 4) is 0 Å². The molecule has 3 fully saturated rings. The quantitative estimate of drug-likeness (QED) is 0.765. The summed E-state index contributed by atoms with van der Waals surface area (Å²) in [7, 11) is 2.33. The fourth-order valence-corrected chi connectivity index (χ4v) is 3.60. The van der Waals surface area contributed by atoms with E-state index >= 15 is 0 Å². The Hall–Kier alpha value is -0.120. The van der Waals surface area contributed by atoms with Gasteiger partial charge in [0.1, 0.15) is 0 Å². The van der Waals surface area contributed by atoms with Crippen LogP contribution in [0, 0.1) is 11.3 Å². The van der Waals surface area contributed by atoms with Crippen LogP contribution >= 0.6 is 0 Å². The van der Waals surface area contributed by atoms with Crippen molar-refractivity contribution >= 4 is 0 Å². The molecule has 0 aromatic carbocycles. The van der Waals surface area contributed by atoms with E-state index in [1.165, 1.54) is 64.6 Å². The van der Waals surface area contributed by atoms with Crippen LogP contribution in [0.2, 0.25) is 0 Å². The standard InChI is InChI=1S/C16H30N2O/c1-18(11-14-3-2-4-14)13-16(7-9-19-10-8-16)12-17-15-5-6-15/h14-15,17H,2-13H2,1H3. The average molecular weight is 266 g/mol. The van der Waals surface area contributed by atoms with Gasteiger partial charge in [0.2, 0.25) is 0 Å². The van der Waals surface area contributed by atoms with E-state index in [0.717, 1.165) is 25.2 Å². The molecule has 3 nitrogen and oxygen atoms in total. The molecule has 19 heavy (non-hydrogen) atoms. The summed E-state index contributed by atoms with van der Waals surface area (Å²) in [5.41, 5.74) is 0.472. The number of rotatable bonds is 7. The van der Waals surface area contributed by atoms with Gasteiger partial charge in [0.15, 0.2) is 0 Å². The minimum atomic E-state index is 0.472. The third-order valence-electron chi connectivity index (χ3n) is 5.30. The highest BCUT2D eigenvalue weighted by Gasteiger charge is 2.36. The highest BCUT2D eigenvalue weighted by atomic mass is 16.5. The number of nitrogens with zero attached hydrogens (tertiary/aromatic N) is 1. The molecule has 2 aliphatic carbocycles. The van der Waals surface area contributed by atoms with Crippen LogP contribution in [0.5, 0.6) is 0 Å². The van der Waals surface area contributed by atoms with Crippen molar-refractivity contribution in [1.29, 1.82) is 0 Å². The van der Waals surface area contributed by atoms with Crippen LogP contribution in [0.25, 0.3) is 0 Å². The summed E-state index contributed by atoms with van der Waals surface area (Å²) < 4.78 is 5.60. The molecule has 110 valence electrons. The molecule has 3 rings (SSSR count). The van der Waals surface area contributed by atoms with E-state index in [1.54, 1.807) is 0 Å². The predicted molar refractivity (Wildman–Crippen MR) is 78.3 cm³/mol. The second-order valence-electron chi connectivity index (χ2n) is 7.26. The Morgan fingerprint density at radius 3 is 2.47 bits per heavy atom. The first-order chi connectivity index (χ1) is 9.26. The lowest BCUT2D eigenvalue weighted by Crippen LogP contribution is -2.48. The Kier molecular flexibility index (Phi) is 4.45. The lowest BCUT2D eigenvalue weighted by atomic mass is 9.78. The van der Waals surface area contributed by atoms with E-state index in [-0.39, 0.29) is 0 Å². The molecule has 3 heteroatoms. The molecule has 2 saturated carbocycles. The van der Waals surface area contributed by atoms with Crippen molar-refractivity contribution in [2.75, 3.05) is 39.9 Å². The normalized spacial score (nSPS) is 27.5. The smallest absolute Gasteiger partial charge is 0.0472 e. The average Bonchev–Trinajstić information content (AvgIpc) is 3.17. The highest BCUT2D eigenvalue weighted by molar-refractivity contribution is 4.91. The van der Waals surface area contributed by atoms with Crippen LogP contribution in [-0.2, 0) is 4.74 Å². The summed E-state index contributed by atoms with van der Waals surface area (Å²) in [6.07, 6.45) is 9.64. The van der Waals surface area contributed by atoms with Crippen LogP contribution in [0.15, 0.2) is 0 Å². The molecule has 0 spiro atoms. The van der Waals surface area contributed by atoms with Crippen molar-refractivity contribution < 1.29 is 4.74 Å². The van der Waals surface area contributed by atoms with E-state index in [9.17, 15) is 0 Å². The van der Waals surface area contributed by atoms with Crippen LogP contribution < -0.4 is 5.32 Å². The summed E-state index contributed by atoms with van der Waals surface area (Å²) >= 11 is 0. The van der Waals surface area contributed by atoms with Crippen molar-refractivity contribution in [2.45, 2.75) is 51.0 Å². The lowest BCUT2D eigenvalue weighted by Gasteiger charge is -2.42. The van der Waals surface area contributed by atoms with Crippen LogP contribution in [0.4, 0.5) is 0 Å². The van der Waals surface area contributed by atoms with Crippen LogP contribution in [-0.4, -0.2) is 50.8 Å². The third-order valence-corrected chi connectivity index (χ3v) is 5.30. The number of hydrogen-bond acceptors (Lipinski definition) is 3. The Bertz CT molecular complexity index is 280. The minimum Gasteiger partial charge on any atom is -0.381 e. The summed E-state index contributed by atoms with van der Waals surface area (Å²) in [5, 5.41) is 3.77. The predicted octanol–water partition coefficient (Wildman–Crippen LogP) is 2.27. The molecular weight excluding hydrogens is 236 g/mol. The Morgan fingerprint density at radius 2 is 1.89 bits per heavy atom. The first-order valence-corrected chi connectivity index (χ1v) is 8.25. The van der Waals surface area contributed by atoms with Gasteiger partial charge in [-0.2, -0.15) is 0 Å². The first-order valence-electron chi connectivity index (χ1n) is 8.25. The molecule has 3 aliphatic rings. The molecule has 1 saturated heterocycles. The zero-order chi connectivity index (χ0) is 13.1. The fraction of sp³-hybridized carbons (Fsp3) is 1.00. The van der Waals surface area contributed by atoms with Gasteiger partial charge in [0, 0.05) is 38.9 Å². The first kappa shape index (κ1) is 13.8. The van der Waals surface area contributed by atoms with Gasteiger partial charge in [-0.25, -0.2) is 0 Å². The molecule has 0 unspecified atom stereocenters. The van der Waals surface area contributed by atoms with Crippen molar-refractivity contribution in [3.05, 3.63) is 0 Å².